The van der Waals surface area contributed by atoms with Gasteiger partial charge < -0.3 is 19.5 Å². The molecular weight excluding hydrogens is 300 g/mol. The van der Waals surface area contributed by atoms with Crippen molar-refractivity contribution in [2.24, 2.45) is 0 Å². The van der Waals surface area contributed by atoms with Gasteiger partial charge in [0.1, 0.15) is 5.82 Å². The highest BCUT2D eigenvalue weighted by Crippen LogP contribution is 2.31. The third-order valence-corrected chi connectivity index (χ3v) is 4.48. The fraction of sp³-hybridized carbons (Fsp3) is 0.600. The molecule has 2 fully saturated rings. The minimum atomic E-state index is -0.603. The molecule has 3 rings (SSSR count). The smallest absolute Gasteiger partial charge is 0.410 e. The maximum Gasteiger partial charge on any atom is 0.410 e. The van der Waals surface area contributed by atoms with Crippen molar-refractivity contribution >= 4 is 12.0 Å². The van der Waals surface area contributed by atoms with E-state index in [4.69, 9.17) is 4.74 Å². The molecule has 23 heavy (non-hydrogen) atoms. The average molecular weight is 320 g/mol. The van der Waals surface area contributed by atoms with Crippen molar-refractivity contribution in [1.82, 2.24) is 19.8 Å². The van der Waals surface area contributed by atoms with Crippen molar-refractivity contribution in [1.29, 1.82) is 0 Å². The number of ether oxygens (including phenoxy) is 1. The minimum Gasteiger partial charge on any atom is -0.439 e. The van der Waals surface area contributed by atoms with E-state index < -0.39 is 5.60 Å². The van der Waals surface area contributed by atoms with Crippen LogP contribution in [0.15, 0.2) is 4.79 Å². The molecule has 0 radical (unpaired) electrons. The molecule has 8 nitrogen and oxygen atoms in total. The van der Waals surface area contributed by atoms with Gasteiger partial charge in [-0.2, -0.15) is 0 Å². The van der Waals surface area contributed by atoms with Gasteiger partial charge in [-0.05, 0) is 13.8 Å². The standard InChI is InChI=1S/C15H20N4O4/c1-9-11(13(21)17-10(2)16-9)6-12(20)19-5-4-15(8-19)7-18(3)14(22)23-15/h4-8H2,1-3H3,(H,16,17,21). The average Bonchev–Trinajstić information content (AvgIpc) is 2.98. The van der Waals surface area contributed by atoms with Crippen molar-refractivity contribution in [3.63, 3.8) is 0 Å². The van der Waals surface area contributed by atoms with E-state index in [2.05, 4.69) is 9.97 Å². The van der Waals surface area contributed by atoms with Crippen LogP contribution in [0.5, 0.6) is 0 Å². The van der Waals surface area contributed by atoms with E-state index in [1.807, 2.05) is 0 Å². The summed E-state index contributed by atoms with van der Waals surface area (Å²) in [4.78, 5) is 46.1. The largest absolute Gasteiger partial charge is 0.439 e. The lowest BCUT2D eigenvalue weighted by Gasteiger charge is -2.21. The molecule has 1 aromatic rings. The molecule has 2 saturated heterocycles. The quantitative estimate of drug-likeness (QED) is 0.826. The zero-order chi connectivity index (χ0) is 16.8. The Morgan fingerprint density at radius 3 is 2.70 bits per heavy atom. The second-order valence-corrected chi connectivity index (χ2v) is 6.36. The third-order valence-electron chi connectivity index (χ3n) is 4.48. The van der Waals surface area contributed by atoms with E-state index in [-0.39, 0.29) is 24.0 Å². The number of aromatic amines is 1. The topological polar surface area (TPSA) is 95.6 Å². The number of aromatic nitrogens is 2. The van der Waals surface area contributed by atoms with E-state index in [1.54, 1.807) is 25.8 Å². The first-order valence-corrected chi connectivity index (χ1v) is 7.58. The lowest BCUT2D eigenvalue weighted by molar-refractivity contribution is -0.130. The predicted octanol–water partition coefficient (Wildman–Crippen LogP) is -0.0177. The number of rotatable bonds is 2. The number of amides is 2. The summed E-state index contributed by atoms with van der Waals surface area (Å²) in [6.45, 7) is 4.81. The molecule has 1 spiro atoms. The molecule has 2 aliphatic heterocycles. The van der Waals surface area contributed by atoms with Gasteiger partial charge in [-0.3, -0.25) is 9.59 Å². The molecule has 1 atom stereocenters. The SMILES string of the molecule is Cc1nc(C)c(CC(=O)N2CCC3(CN(C)C(=O)O3)C2)c(=O)[nH]1. The van der Waals surface area contributed by atoms with E-state index in [0.29, 0.717) is 43.1 Å². The van der Waals surface area contributed by atoms with Crippen LogP contribution in [-0.4, -0.2) is 64.1 Å². The minimum absolute atomic E-state index is 0.00825. The second kappa shape index (κ2) is 5.36. The maximum atomic E-state index is 12.5. The van der Waals surface area contributed by atoms with Crippen LogP contribution in [0.25, 0.3) is 0 Å². The maximum absolute atomic E-state index is 12.5. The van der Waals surface area contributed by atoms with Gasteiger partial charge >= 0.3 is 6.09 Å². The van der Waals surface area contributed by atoms with E-state index in [0.717, 1.165) is 0 Å². The predicted molar refractivity (Wildman–Crippen MR) is 81.1 cm³/mol. The summed E-state index contributed by atoms with van der Waals surface area (Å²) in [7, 11) is 1.68. The van der Waals surface area contributed by atoms with Gasteiger partial charge in [-0.15, -0.1) is 0 Å². The molecule has 124 valence electrons. The third kappa shape index (κ3) is 2.80. The zero-order valence-corrected chi connectivity index (χ0v) is 13.5. The van der Waals surface area contributed by atoms with Gasteiger partial charge in [-0.25, -0.2) is 9.78 Å². The van der Waals surface area contributed by atoms with Crippen molar-refractivity contribution in [3.8, 4) is 0 Å². The van der Waals surface area contributed by atoms with Gasteiger partial charge in [0.2, 0.25) is 5.91 Å². The number of likely N-dealkylation sites (N-methyl/N-ethyl adjacent to an activating group) is 1. The number of hydrogen-bond acceptors (Lipinski definition) is 5. The molecule has 1 N–H and O–H groups in total. The summed E-state index contributed by atoms with van der Waals surface area (Å²) in [6, 6.07) is 0. The van der Waals surface area contributed by atoms with Crippen LogP contribution in [0.4, 0.5) is 4.79 Å². The normalized spacial score (nSPS) is 23.7. The first-order valence-electron chi connectivity index (χ1n) is 7.58. The Labute approximate surface area is 133 Å². The summed E-state index contributed by atoms with van der Waals surface area (Å²) in [5.41, 5.74) is 0.0843. The van der Waals surface area contributed by atoms with Crippen molar-refractivity contribution < 1.29 is 14.3 Å². The molecule has 2 aliphatic rings. The number of aryl methyl sites for hydroxylation is 2. The monoisotopic (exact) mass is 320 g/mol. The van der Waals surface area contributed by atoms with Gasteiger partial charge in [0.15, 0.2) is 5.60 Å². The Kier molecular flexibility index (Phi) is 3.62. The second-order valence-electron chi connectivity index (χ2n) is 6.36. The fourth-order valence-electron chi connectivity index (χ4n) is 3.28. The van der Waals surface area contributed by atoms with Gasteiger partial charge in [0, 0.05) is 31.3 Å². The highest BCUT2D eigenvalue weighted by Gasteiger charge is 2.49. The van der Waals surface area contributed by atoms with Gasteiger partial charge in [-0.1, -0.05) is 0 Å². The highest BCUT2D eigenvalue weighted by atomic mass is 16.6. The van der Waals surface area contributed by atoms with Crippen LogP contribution in [0.2, 0.25) is 0 Å². The number of nitrogens with zero attached hydrogens (tertiary/aromatic N) is 3. The molecule has 0 aliphatic carbocycles. The zero-order valence-electron chi connectivity index (χ0n) is 13.5. The first kappa shape index (κ1) is 15.5. The summed E-state index contributed by atoms with van der Waals surface area (Å²) in [6.07, 6.45) is 0.277. The van der Waals surface area contributed by atoms with E-state index in [1.165, 1.54) is 4.90 Å². The Balaban J connectivity index is 1.71. The van der Waals surface area contributed by atoms with Crippen LogP contribution in [0.3, 0.4) is 0 Å². The molecule has 3 heterocycles. The summed E-state index contributed by atoms with van der Waals surface area (Å²) in [5.74, 6) is 0.386. The van der Waals surface area contributed by atoms with Crippen LogP contribution in [0, 0.1) is 13.8 Å². The van der Waals surface area contributed by atoms with Crippen LogP contribution in [-0.2, 0) is 16.0 Å². The van der Waals surface area contributed by atoms with E-state index in [9.17, 15) is 14.4 Å². The van der Waals surface area contributed by atoms with Crippen molar-refractivity contribution in [2.45, 2.75) is 32.3 Å². The number of likely N-dealkylation sites (tertiary alicyclic amines) is 1. The molecule has 8 heteroatoms. The Morgan fingerprint density at radius 1 is 1.35 bits per heavy atom. The van der Waals surface area contributed by atoms with Crippen LogP contribution >= 0.6 is 0 Å². The summed E-state index contributed by atoms with van der Waals surface area (Å²) in [5, 5.41) is 0. The first-order chi connectivity index (χ1) is 10.8. The number of carbonyl (C=O) groups excluding carboxylic acids is 2. The molecule has 2 amide bonds. The number of carbonyl (C=O) groups is 2. The molecular formula is C15H20N4O4. The molecule has 0 aromatic carbocycles. The molecule has 0 saturated carbocycles. The lowest BCUT2D eigenvalue weighted by Crippen LogP contribution is -2.40. The van der Waals surface area contributed by atoms with Crippen LogP contribution < -0.4 is 5.56 Å². The number of H-pyrrole nitrogens is 1. The van der Waals surface area contributed by atoms with Crippen molar-refractivity contribution in [3.05, 3.63) is 27.4 Å². The Bertz CT molecular complexity index is 729. The molecule has 1 aromatic heterocycles. The summed E-state index contributed by atoms with van der Waals surface area (Å²) >= 11 is 0. The summed E-state index contributed by atoms with van der Waals surface area (Å²) < 4.78 is 5.43. The van der Waals surface area contributed by atoms with Gasteiger partial charge in [0.05, 0.1) is 19.5 Å². The number of hydrogen-bond donors (Lipinski definition) is 1. The van der Waals surface area contributed by atoms with Crippen molar-refractivity contribution in [2.75, 3.05) is 26.7 Å². The van der Waals surface area contributed by atoms with Crippen LogP contribution in [0.1, 0.15) is 23.5 Å². The van der Waals surface area contributed by atoms with Gasteiger partial charge in [0.25, 0.3) is 5.56 Å². The number of nitrogens with one attached hydrogen (secondary N) is 1. The fourth-order valence-corrected chi connectivity index (χ4v) is 3.28. The van der Waals surface area contributed by atoms with E-state index >= 15 is 0 Å². The molecule has 0 bridgehead atoms. The Hall–Kier alpha value is -2.38. The Morgan fingerprint density at radius 2 is 2.09 bits per heavy atom. The molecule has 1 unspecified atom stereocenters. The highest BCUT2D eigenvalue weighted by molar-refractivity contribution is 5.79. The lowest BCUT2D eigenvalue weighted by atomic mass is 10.0.